The van der Waals surface area contributed by atoms with Gasteiger partial charge in [0.2, 0.25) is 0 Å². The molecular formula is C11H12N4O3. The van der Waals surface area contributed by atoms with Crippen LogP contribution in [0.3, 0.4) is 0 Å². The number of hydrogen-bond donors (Lipinski definition) is 2. The van der Waals surface area contributed by atoms with Crippen LogP contribution in [0.25, 0.3) is 11.0 Å². The van der Waals surface area contributed by atoms with Crippen molar-refractivity contribution in [3.63, 3.8) is 0 Å². The van der Waals surface area contributed by atoms with Gasteiger partial charge in [0.1, 0.15) is 12.1 Å². The highest BCUT2D eigenvalue weighted by Gasteiger charge is 2.14. The SMILES string of the molecule is CCOC(=O)CNC(=O)c1nccc2[nH]cnc12. The van der Waals surface area contributed by atoms with Crippen LogP contribution in [0.5, 0.6) is 0 Å². The van der Waals surface area contributed by atoms with E-state index in [4.69, 9.17) is 4.74 Å². The second-order valence-electron chi connectivity index (χ2n) is 3.45. The normalized spacial score (nSPS) is 10.3. The zero-order valence-electron chi connectivity index (χ0n) is 9.77. The Hall–Kier alpha value is -2.44. The molecule has 0 unspecified atom stereocenters. The molecule has 0 aliphatic rings. The van der Waals surface area contributed by atoms with E-state index in [2.05, 4.69) is 20.3 Å². The van der Waals surface area contributed by atoms with Crippen molar-refractivity contribution in [3.05, 3.63) is 24.3 Å². The van der Waals surface area contributed by atoms with Crippen LogP contribution in [0.2, 0.25) is 0 Å². The average Bonchev–Trinajstić information content (AvgIpc) is 2.84. The Balaban J connectivity index is 2.09. The second-order valence-corrected chi connectivity index (χ2v) is 3.45. The van der Waals surface area contributed by atoms with Gasteiger partial charge in [-0.25, -0.2) is 9.97 Å². The van der Waals surface area contributed by atoms with Crippen molar-refractivity contribution < 1.29 is 14.3 Å². The molecule has 2 aromatic heterocycles. The molecule has 18 heavy (non-hydrogen) atoms. The number of nitrogens with one attached hydrogen (secondary N) is 2. The Labute approximate surface area is 103 Å². The minimum absolute atomic E-state index is 0.179. The topological polar surface area (TPSA) is 97.0 Å². The molecule has 2 N–H and O–H groups in total. The molecule has 0 aromatic carbocycles. The highest BCUT2D eigenvalue weighted by Crippen LogP contribution is 2.11. The van der Waals surface area contributed by atoms with Crippen LogP contribution in [-0.4, -0.2) is 40.0 Å². The molecule has 94 valence electrons. The highest BCUT2D eigenvalue weighted by molar-refractivity contribution is 6.03. The van der Waals surface area contributed by atoms with Gasteiger partial charge in [-0.1, -0.05) is 0 Å². The summed E-state index contributed by atoms with van der Waals surface area (Å²) in [5.74, 6) is -0.944. The number of hydrogen-bond acceptors (Lipinski definition) is 5. The first-order valence-corrected chi connectivity index (χ1v) is 5.44. The van der Waals surface area contributed by atoms with Gasteiger partial charge in [-0.05, 0) is 13.0 Å². The molecular weight excluding hydrogens is 236 g/mol. The standard InChI is InChI=1S/C11H12N4O3/c1-2-18-8(16)5-13-11(17)10-9-7(3-4-12-10)14-6-15-9/h3-4,6H,2,5H2,1H3,(H,13,17)(H,14,15). The third kappa shape index (κ3) is 2.45. The summed E-state index contributed by atoms with van der Waals surface area (Å²) in [5, 5.41) is 2.44. The monoisotopic (exact) mass is 248 g/mol. The fourth-order valence-electron chi connectivity index (χ4n) is 1.48. The predicted molar refractivity (Wildman–Crippen MR) is 62.9 cm³/mol. The number of H-pyrrole nitrogens is 1. The van der Waals surface area contributed by atoms with E-state index in [9.17, 15) is 9.59 Å². The fraction of sp³-hybridized carbons (Fsp3) is 0.273. The molecule has 0 spiro atoms. The van der Waals surface area contributed by atoms with Gasteiger partial charge >= 0.3 is 5.97 Å². The van der Waals surface area contributed by atoms with Gasteiger partial charge < -0.3 is 15.0 Å². The van der Waals surface area contributed by atoms with Crippen molar-refractivity contribution in [3.8, 4) is 0 Å². The van der Waals surface area contributed by atoms with Crippen molar-refractivity contribution in [2.24, 2.45) is 0 Å². The van der Waals surface area contributed by atoms with Crippen LogP contribution in [0, 0.1) is 0 Å². The zero-order chi connectivity index (χ0) is 13.0. The van der Waals surface area contributed by atoms with Gasteiger partial charge in [0, 0.05) is 6.20 Å². The molecule has 0 fully saturated rings. The van der Waals surface area contributed by atoms with Crippen LogP contribution in [0.1, 0.15) is 17.4 Å². The first-order valence-electron chi connectivity index (χ1n) is 5.44. The van der Waals surface area contributed by atoms with E-state index >= 15 is 0 Å². The van der Waals surface area contributed by atoms with Crippen molar-refractivity contribution in [2.45, 2.75) is 6.92 Å². The summed E-state index contributed by atoms with van der Waals surface area (Å²) < 4.78 is 4.70. The van der Waals surface area contributed by atoms with E-state index in [1.165, 1.54) is 12.5 Å². The molecule has 1 amide bonds. The zero-order valence-corrected chi connectivity index (χ0v) is 9.77. The summed E-state index contributed by atoms with van der Waals surface area (Å²) in [4.78, 5) is 33.8. The minimum Gasteiger partial charge on any atom is -0.465 e. The van der Waals surface area contributed by atoms with Gasteiger partial charge in [0.15, 0.2) is 5.69 Å². The third-order valence-electron chi connectivity index (χ3n) is 2.25. The summed E-state index contributed by atoms with van der Waals surface area (Å²) in [6.45, 7) is 1.79. The van der Waals surface area contributed by atoms with Gasteiger partial charge in [0.05, 0.1) is 18.5 Å². The van der Waals surface area contributed by atoms with E-state index in [-0.39, 0.29) is 18.8 Å². The summed E-state index contributed by atoms with van der Waals surface area (Å²) in [6, 6.07) is 1.71. The summed E-state index contributed by atoms with van der Waals surface area (Å²) in [7, 11) is 0. The largest absolute Gasteiger partial charge is 0.465 e. The highest BCUT2D eigenvalue weighted by atomic mass is 16.5. The first-order chi connectivity index (χ1) is 8.72. The average molecular weight is 248 g/mol. The van der Waals surface area contributed by atoms with Crippen LogP contribution in [0.15, 0.2) is 18.6 Å². The first kappa shape index (κ1) is 12.0. The van der Waals surface area contributed by atoms with E-state index in [1.54, 1.807) is 13.0 Å². The van der Waals surface area contributed by atoms with E-state index in [1.807, 2.05) is 0 Å². The third-order valence-corrected chi connectivity index (χ3v) is 2.25. The molecule has 0 bridgehead atoms. The summed E-state index contributed by atoms with van der Waals surface area (Å²) >= 11 is 0. The Morgan fingerprint density at radius 2 is 2.28 bits per heavy atom. The lowest BCUT2D eigenvalue weighted by Crippen LogP contribution is -2.31. The maximum Gasteiger partial charge on any atom is 0.325 e. The number of carbonyl (C=O) groups is 2. The van der Waals surface area contributed by atoms with Crippen LogP contribution in [-0.2, 0) is 9.53 Å². The Morgan fingerprint density at radius 1 is 1.44 bits per heavy atom. The van der Waals surface area contributed by atoms with Crippen molar-refractivity contribution in [2.75, 3.05) is 13.2 Å². The predicted octanol–water partition coefficient (Wildman–Crippen LogP) is 0.251. The van der Waals surface area contributed by atoms with Gasteiger partial charge in [-0.2, -0.15) is 0 Å². The lowest BCUT2D eigenvalue weighted by molar-refractivity contribution is -0.141. The lowest BCUT2D eigenvalue weighted by Gasteiger charge is -2.04. The molecule has 7 nitrogen and oxygen atoms in total. The number of aromatic nitrogens is 3. The van der Waals surface area contributed by atoms with E-state index in [0.29, 0.717) is 11.0 Å². The Bertz CT molecular complexity index is 578. The molecule has 2 aromatic rings. The number of ether oxygens (including phenoxy) is 1. The molecule has 0 aliphatic carbocycles. The van der Waals surface area contributed by atoms with Gasteiger partial charge in [0.25, 0.3) is 5.91 Å². The molecule has 0 aliphatic heterocycles. The fourth-order valence-corrected chi connectivity index (χ4v) is 1.48. The maximum atomic E-state index is 11.8. The van der Waals surface area contributed by atoms with Crippen LogP contribution < -0.4 is 5.32 Å². The van der Waals surface area contributed by atoms with Crippen molar-refractivity contribution in [1.82, 2.24) is 20.3 Å². The number of nitrogens with zero attached hydrogens (tertiary/aromatic N) is 2. The number of amides is 1. The maximum absolute atomic E-state index is 11.8. The minimum atomic E-state index is -0.486. The van der Waals surface area contributed by atoms with Gasteiger partial charge in [-0.15, -0.1) is 0 Å². The Morgan fingerprint density at radius 3 is 3.06 bits per heavy atom. The second kappa shape index (κ2) is 5.26. The smallest absolute Gasteiger partial charge is 0.325 e. The number of pyridine rings is 1. The Kier molecular flexibility index (Phi) is 3.52. The molecule has 2 heterocycles. The molecule has 0 atom stereocenters. The number of imidazole rings is 1. The molecule has 2 rings (SSSR count). The number of esters is 1. The quantitative estimate of drug-likeness (QED) is 0.756. The van der Waals surface area contributed by atoms with Crippen molar-refractivity contribution >= 4 is 22.9 Å². The van der Waals surface area contributed by atoms with Crippen molar-refractivity contribution in [1.29, 1.82) is 0 Å². The summed E-state index contributed by atoms with van der Waals surface area (Å²) in [6.07, 6.45) is 2.98. The molecule has 0 saturated heterocycles. The van der Waals surface area contributed by atoms with Crippen LogP contribution >= 0.6 is 0 Å². The number of rotatable bonds is 4. The number of carbonyl (C=O) groups excluding carboxylic acids is 2. The molecule has 0 radical (unpaired) electrons. The number of aromatic amines is 1. The van der Waals surface area contributed by atoms with Gasteiger partial charge in [-0.3, -0.25) is 9.59 Å². The lowest BCUT2D eigenvalue weighted by atomic mass is 10.3. The summed E-state index contributed by atoms with van der Waals surface area (Å²) in [5.41, 5.74) is 1.36. The van der Waals surface area contributed by atoms with Crippen LogP contribution in [0.4, 0.5) is 0 Å². The van der Waals surface area contributed by atoms with E-state index in [0.717, 1.165) is 0 Å². The van der Waals surface area contributed by atoms with E-state index < -0.39 is 11.9 Å². The molecule has 7 heteroatoms. The molecule has 0 saturated carbocycles. The number of fused-ring (bicyclic) bond motifs is 1.